The normalized spacial score (nSPS) is 23.0. The van der Waals surface area contributed by atoms with Gasteiger partial charge in [-0.25, -0.2) is 26.6 Å². The molecule has 1 aliphatic rings. The van der Waals surface area contributed by atoms with Crippen LogP contribution in [0.2, 0.25) is 0 Å². The Kier molecular flexibility index (Phi) is 6.24. The molecule has 0 radical (unpaired) electrons. The molecule has 3 atom stereocenters. The average molecular weight is 457 g/mol. The SMILES string of the molecule is C[C@@H](O)[C@]1(O)CN(S(=O)(=O)c2ccc(C(F)F)cn2)C[C@@H]1Oc1ccc(C#N)c(F)c1. The summed E-state index contributed by atoms with van der Waals surface area (Å²) in [5.41, 5.74) is -2.74. The molecule has 166 valence electrons. The number of nitrogens with zero attached hydrogens (tertiary/aromatic N) is 3. The minimum absolute atomic E-state index is 0.0840. The van der Waals surface area contributed by atoms with Crippen molar-refractivity contribution in [3.05, 3.63) is 53.5 Å². The molecule has 1 aromatic heterocycles. The molecule has 1 aliphatic heterocycles. The summed E-state index contributed by atoms with van der Waals surface area (Å²) in [5, 5.41) is 29.3. The second kappa shape index (κ2) is 8.43. The summed E-state index contributed by atoms with van der Waals surface area (Å²) in [6.07, 6.45) is -4.81. The standard InChI is InChI=1S/C19H18F3N3O5S/c1-11(26)19(27)10-25(31(28,29)17-5-3-13(8-24-17)18(21)22)9-16(19)30-14-4-2-12(7-23)15(20)6-14/h2-6,8,11,16,18,26-27H,9-10H2,1H3/t11-,16+,19-/m1/s1. The molecule has 3 rings (SSSR count). The molecule has 31 heavy (non-hydrogen) atoms. The van der Waals surface area contributed by atoms with Gasteiger partial charge in [0.05, 0.1) is 18.2 Å². The number of pyridine rings is 1. The minimum Gasteiger partial charge on any atom is -0.486 e. The highest BCUT2D eigenvalue weighted by Crippen LogP contribution is 2.33. The highest BCUT2D eigenvalue weighted by atomic mass is 32.2. The highest BCUT2D eigenvalue weighted by Gasteiger charge is 2.54. The van der Waals surface area contributed by atoms with Crippen LogP contribution in [0.1, 0.15) is 24.5 Å². The smallest absolute Gasteiger partial charge is 0.265 e. The van der Waals surface area contributed by atoms with Crippen molar-refractivity contribution in [2.45, 2.75) is 36.2 Å². The van der Waals surface area contributed by atoms with Crippen LogP contribution in [-0.2, 0) is 10.0 Å². The maximum Gasteiger partial charge on any atom is 0.265 e. The van der Waals surface area contributed by atoms with Gasteiger partial charge in [0.1, 0.15) is 29.3 Å². The van der Waals surface area contributed by atoms with E-state index in [1.807, 2.05) is 0 Å². The van der Waals surface area contributed by atoms with Gasteiger partial charge in [-0.3, -0.25) is 0 Å². The number of aliphatic hydroxyl groups is 2. The number of hydrogen-bond acceptors (Lipinski definition) is 7. The Balaban J connectivity index is 1.89. The van der Waals surface area contributed by atoms with Gasteiger partial charge in [-0.05, 0) is 31.2 Å². The van der Waals surface area contributed by atoms with Gasteiger partial charge in [0.2, 0.25) is 0 Å². The van der Waals surface area contributed by atoms with Crippen LogP contribution in [0.5, 0.6) is 5.75 Å². The Labute approximate surface area is 176 Å². The van der Waals surface area contributed by atoms with E-state index in [2.05, 4.69) is 4.98 Å². The Morgan fingerprint density at radius 2 is 2.06 bits per heavy atom. The van der Waals surface area contributed by atoms with Crippen molar-refractivity contribution in [1.82, 2.24) is 9.29 Å². The fraction of sp³-hybridized carbons (Fsp3) is 0.368. The van der Waals surface area contributed by atoms with Crippen LogP contribution >= 0.6 is 0 Å². The van der Waals surface area contributed by atoms with E-state index in [1.54, 1.807) is 6.07 Å². The zero-order valence-corrected chi connectivity index (χ0v) is 16.9. The number of alkyl halides is 2. The van der Waals surface area contributed by atoms with Gasteiger partial charge < -0.3 is 14.9 Å². The lowest BCUT2D eigenvalue weighted by molar-refractivity contribution is -0.104. The molecule has 2 heterocycles. The molecule has 2 aromatic rings. The fourth-order valence-electron chi connectivity index (χ4n) is 3.15. The van der Waals surface area contributed by atoms with Gasteiger partial charge in [-0.1, -0.05) is 0 Å². The summed E-state index contributed by atoms with van der Waals surface area (Å²) in [7, 11) is -4.32. The number of nitriles is 1. The number of hydrogen-bond donors (Lipinski definition) is 2. The Hall–Kier alpha value is -2.72. The number of aliphatic hydroxyl groups excluding tert-OH is 1. The number of rotatable bonds is 6. The number of β-amino-alcohol motifs (C(OH)–C–C–N with tert-alkyl or cyclic N) is 1. The molecule has 0 unspecified atom stereocenters. The number of aromatic nitrogens is 1. The summed E-state index contributed by atoms with van der Waals surface area (Å²) >= 11 is 0. The lowest BCUT2D eigenvalue weighted by atomic mass is 9.94. The molecule has 8 nitrogen and oxygen atoms in total. The van der Waals surface area contributed by atoms with E-state index < -0.39 is 63.8 Å². The molecule has 1 saturated heterocycles. The number of ether oxygens (including phenoxy) is 1. The second-order valence-corrected chi connectivity index (χ2v) is 8.94. The molecular formula is C19H18F3N3O5S. The van der Waals surface area contributed by atoms with Gasteiger partial charge in [-0.15, -0.1) is 0 Å². The third-order valence-corrected chi connectivity index (χ3v) is 6.76. The first-order chi connectivity index (χ1) is 14.5. The monoisotopic (exact) mass is 457 g/mol. The zero-order valence-electron chi connectivity index (χ0n) is 16.1. The van der Waals surface area contributed by atoms with Crippen LogP contribution in [-0.4, -0.2) is 58.8 Å². The predicted octanol–water partition coefficient (Wildman–Crippen LogP) is 1.59. The van der Waals surface area contributed by atoms with E-state index in [0.717, 1.165) is 34.8 Å². The molecular weight excluding hydrogens is 439 g/mol. The predicted molar refractivity (Wildman–Crippen MR) is 100 cm³/mol. The summed E-state index contributed by atoms with van der Waals surface area (Å²) < 4.78 is 71.4. The van der Waals surface area contributed by atoms with Gasteiger partial charge in [0, 0.05) is 24.4 Å². The molecule has 0 saturated carbocycles. The molecule has 12 heteroatoms. The number of halogens is 3. The maximum atomic E-state index is 13.9. The first kappa shape index (κ1) is 23.0. The van der Waals surface area contributed by atoms with E-state index in [9.17, 15) is 31.8 Å². The van der Waals surface area contributed by atoms with Crippen LogP contribution in [0, 0.1) is 17.1 Å². The summed E-state index contributed by atoms with van der Waals surface area (Å²) in [5.74, 6) is -0.953. The minimum atomic E-state index is -4.32. The van der Waals surface area contributed by atoms with E-state index in [4.69, 9.17) is 10.00 Å². The molecule has 0 bridgehead atoms. The summed E-state index contributed by atoms with van der Waals surface area (Å²) in [6, 6.07) is 6.82. The van der Waals surface area contributed by atoms with E-state index >= 15 is 0 Å². The van der Waals surface area contributed by atoms with E-state index in [1.165, 1.54) is 13.0 Å². The van der Waals surface area contributed by atoms with Crippen molar-refractivity contribution >= 4 is 10.0 Å². The molecule has 1 fully saturated rings. The molecule has 0 spiro atoms. The van der Waals surface area contributed by atoms with Crippen LogP contribution in [0.3, 0.4) is 0 Å². The second-order valence-electron chi connectivity index (χ2n) is 7.06. The third-order valence-electron chi connectivity index (χ3n) is 5.03. The molecule has 2 N–H and O–H groups in total. The van der Waals surface area contributed by atoms with Crippen molar-refractivity contribution in [2.75, 3.05) is 13.1 Å². The summed E-state index contributed by atoms with van der Waals surface area (Å²) in [6.45, 7) is 0.236. The van der Waals surface area contributed by atoms with Crippen LogP contribution < -0.4 is 4.74 Å². The number of sulfonamides is 1. The Morgan fingerprint density at radius 3 is 2.58 bits per heavy atom. The topological polar surface area (TPSA) is 124 Å². The van der Waals surface area contributed by atoms with Gasteiger partial charge >= 0.3 is 0 Å². The first-order valence-corrected chi connectivity index (χ1v) is 10.4. The van der Waals surface area contributed by atoms with Crippen molar-refractivity contribution < 1.29 is 36.5 Å². The van der Waals surface area contributed by atoms with Gasteiger partial charge in [0.25, 0.3) is 16.4 Å². The fourth-order valence-corrected chi connectivity index (χ4v) is 4.54. The molecule has 0 aliphatic carbocycles. The van der Waals surface area contributed by atoms with E-state index in [0.29, 0.717) is 0 Å². The average Bonchev–Trinajstić information content (AvgIpc) is 3.07. The lowest BCUT2D eigenvalue weighted by Crippen LogP contribution is -2.53. The maximum absolute atomic E-state index is 13.9. The summed E-state index contributed by atoms with van der Waals surface area (Å²) in [4.78, 5) is 3.57. The van der Waals surface area contributed by atoms with Crippen LogP contribution in [0.25, 0.3) is 0 Å². The van der Waals surface area contributed by atoms with Crippen LogP contribution in [0.4, 0.5) is 13.2 Å². The quantitative estimate of drug-likeness (QED) is 0.675. The van der Waals surface area contributed by atoms with Crippen molar-refractivity contribution in [2.24, 2.45) is 0 Å². The molecule has 1 aromatic carbocycles. The first-order valence-electron chi connectivity index (χ1n) is 9.00. The van der Waals surface area contributed by atoms with Gasteiger partial charge in [0.15, 0.2) is 5.03 Å². The van der Waals surface area contributed by atoms with Crippen molar-refractivity contribution in [3.8, 4) is 11.8 Å². The highest BCUT2D eigenvalue weighted by molar-refractivity contribution is 7.89. The van der Waals surface area contributed by atoms with Gasteiger partial charge in [-0.2, -0.15) is 9.57 Å². The zero-order chi connectivity index (χ0) is 23.0. The van der Waals surface area contributed by atoms with Crippen molar-refractivity contribution in [1.29, 1.82) is 5.26 Å². The van der Waals surface area contributed by atoms with Crippen LogP contribution in [0.15, 0.2) is 41.6 Å². The largest absolute Gasteiger partial charge is 0.486 e. The van der Waals surface area contributed by atoms with Crippen molar-refractivity contribution in [3.63, 3.8) is 0 Å². The Morgan fingerprint density at radius 1 is 1.35 bits per heavy atom. The van der Waals surface area contributed by atoms with E-state index in [-0.39, 0.29) is 11.3 Å². The molecule has 0 amide bonds. The lowest BCUT2D eigenvalue weighted by Gasteiger charge is -2.31. The third kappa shape index (κ3) is 4.35. The Bertz CT molecular complexity index is 1110. The number of benzene rings is 1.